The van der Waals surface area contributed by atoms with E-state index >= 15 is 0 Å². The summed E-state index contributed by atoms with van der Waals surface area (Å²) in [5.41, 5.74) is 2.86. The van der Waals surface area contributed by atoms with Crippen molar-refractivity contribution in [3.8, 4) is 33.8 Å². The van der Waals surface area contributed by atoms with Gasteiger partial charge in [0.1, 0.15) is 17.6 Å². The van der Waals surface area contributed by atoms with E-state index in [2.05, 4.69) is 13.2 Å². The van der Waals surface area contributed by atoms with Crippen molar-refractivity contribution in [2.75, 3.05) is 0 Å². The number of hydrogen-bond acceptors (Lipinski definition) is 8. The highest BCUT2D eigenvalue weighted by atomic mass is 16.6. The molecular weight excluding hydrogens is 558 g/mol. The largest absolute Gasteiger partial charge is 0.459 e. The molecular formula is C36H39NO7. The lowest BCUT2D eigenvalue weighted by atomic mass is 9.80. The van der Waals surface area contributed by atoms with Crippen molar-refractivity contribution in [3.05, 3.63) is 96.6 Å². The lowest BCUT2D eigenvalue weighted by Crippen LogP contribution is -2.60. The van der Waals surface area contributed by atoms with Crippen molar-refractivity contribution in [1.29, 1.82) is 0 Å². The molecule has 1 aliphatic rings. The van der Waals surface area contributed by atoms with Crippen molar-refractivity contribution in [2.45, 2.75) is 71.6 Å². The van der Waals surface area contributed by atoms with Gasteiger partial charge < -0.3 is 19.4 Å². The van der Waals surface area contributed by atoms with Gasteiger partial charge in [0.15, 0.2) is 0 Å². The second-order valence-electron chi connectivity index (χ2n) is 12.6. The second-order valence-corrected chi connectivity index (χ2v) is 12.6. The van der Waals surface area contributed by atoms with Crippen LogP contribution in [0.1, 0.15) is 64.7 Å². The Balaban J connectivity index is 1.68. The summed E-state index contributed by atoms with van der Waals surface area (Å²) in [6, 6.07) is 19.4. The lowest BCUT2D eigenvalue weighted by molar-refractivity contribution is -0.256. The zero-order valence-electron chi connectivity index (χ0n) is 26.1. The van der Waals surface area contributed by atoms with E-state index < -0.39 is 35.1 Å². The van der Waals surface area contributed by atoms with Crippen LogP contribution < -0.4 is 9.47 Å². The van der Waals surface area contributed by atoms with E-state index in [1.807, 2.05) is 33.8 Å². The smallest absolute Gasteiger partial charge is 0.338 e. The molecule has 44 heavy (non-hydrogen) atoms. The number of hydroxylamine groups is 2. The van der Waals surface area contributed by atoms with Gasteiger partial charge in [-0.1, -0.05) is 37.4 Å². The molecule has 0 aromatic heterocycles. The zero-order chi connectivity index (χ0) is 32.4. The van der Waals surface area contributed by atoms with Crippen LogP contribution in [-0.2, 0) is 14.3 Å². The van der Waals surface area contributed by atoms with Crippen LogP contribution in [0.3, 0.4) is 0 Å². The normalized spacial score (nSPS) is 16.1. The monoisotopic (exact) mass is 597 g/mol. The molecule has 4 rings (SSSR count). The van der Waals surface area contributed by atoms with Crippen LogP contribution in [0.2, 0.25) is 0 Å². The van der Waals surface area contributed by atoms with Crippen LogP contribution in [0.5, 0.6) is 11.5 Å². The van der Waals surface area contributed by atoms with Crippen molar-refractivity contribution in [2.24, 2.45) is 0 Å². The molecule has 0 radical (unpaired) electrons. The average Bonchev–Trinajstić information content (AvgIpc) is 2.96. The molecule has 1 aliphatic heterocycles. The van der Waals surface area contributed by atoms with E-state index in [1.54, 1.807) is 74.5 Å². The first-order valence-corrected chi connectivity index (χ1v) is 14.4. The van der Waals surface area contributed by atoms with E-state index in [4.69, 9.17) is 14.2 Å². The van der Waals surface area contributed by atoms with Gasteiger partial charge in [-0.2, -0.15) is 5.06 Å². The molecule has 1 N–H and O–H groups in total. The van der Waals surface area contributed by atoms with E-state index in [0.29, 0.717) is 41.1 Å². The van der Waals surface area contributed by atoms with E-state index in [1.165, 1.54) is 5.06 Å². The number of ether oxygens (including phenoxy) is 3. The van der Waals surface area contributed by atoms with Crippen LogP contribution in [0.4, 0.5) is 0 Å². The third kappa shape index (κ3) is 7.51. The molecule has 3 aromatic rings. The van der Waals surface area contributed by atoms with Gasteiger partial charge in [0, 0.05) is 35.1 Å². The first kappa shape index (κ1) is 32.4. The van der Waals surface area contributed by atoms with E-state index in [0.717, 1.165) is 22.3 Å². The third-order valence-corrected chi connectivity index (χ3v) is 7.54. The maximum atomic E-state index is 13.6. The Morgan fingerprint density at radius 2 is 1.09 bits per heavy atom. The standard InChI is InChI=1S/C36H39NO7/c1-22(2)32(38)42-29-13-9-24(10-14-29)26-17-27(25-11-15-30(16-12-25)43-33(39)23(3)4)19-28(18-26)34(40)44-31-20-35(5,6)37(41)36(7,8)21-31/h9-19,31,41H,1,3,20-21H2,2,4-8H3. The number of hydrogen-bond donors (Lipinski definition) is 1. The van der Waals surface area contributed by atoms with Crippen LogP contribution in [0.15, 0.2) is 91.0 Å². The summed E-state index contributed by atoms with van der Waals surface area (Å²) in [6.07, 6.45) is 0.549. The molecule has 0 bridgehead atoms. The summed E-state index contributed by atoms with van der Waals surface area (Å²) in [5, 5.41) is 12.0. The summed E-state index contributed by atoms with van der Waals surface area (Å²) < 4.78 is 16.7. The van der Waals surface area contributed by atoms with Crippen molar-refractivity contribution in [1.82, 2.24) is 5.06 Å². The minimum Gasteiger partial charge on any atom is -0.459 e. The molecule has 3 aromatic carbocycles. The number of piperidine rings is 1. The SMILES string of the molecule is C=C(C)C(=O)Oc1ccc(-c2cc(C(=O)OC3CC(C)(C)N(O)C(C)(C)C3)cc(-c3ccc(OC(=O)C(=C)C)cc3)c2)cc1. The van der Waals surface area contributed by atoms with Crippen LogP contribution in [0, 0.1) is 0 Å². The van der Waals surface area contributed by atoms with Gasteiger partial charge in [-0.3, -0.25) is 0 Å². The highest BCUT2D eigenvalue weighted by molar-refractivity contribution is 5.94. The third-order valence-electron chi connectivity index (χ3n) is 7.54. The molecule has 0 amide bonds. The maximum Gasteiger partial charge on any atom is 0.338 e. The van der Waals surface area contributed by atoms with Crippen molar-refractivity contribution < 1.29 is 33.8 Å². The molecule has 0 aliphatic carbocycles. The van der Waals surface area contributed by atoms with Gasteiger partial charge in [0.05, 0.1) is 5.56 Å². The Hall–Kier alpha value is -4.53. The summed E-state index contributed by atoms with van der Waals surface area (Å²) in [5.74, 6) is -0.757. The number of carbonyl (C=O) groups is 3. The minimum absolute atomic E-state index is 0.293. The zero-order valence-corrected chi connectivity index (χ0v) is 26.1. The molecule has 0 unspecified atom stereocenters. The van der Waals surface area contributed by atoms with Gasteiger partial charge in [-0.25, -0.2) is 14.4 Å². The average molecular weight is 598 g/mol. The number of benzene rings is 3. The predicted octanol–water partition coefficient (Wildman–Crippen LogP) is 7.55. The Bertz CT molecular complexity index is 1490. The topological polar surface area (TPSA) is 102 Å². The van der Waals surface area contributed by atoms with Gasteiger partial charge in [-0.05, 0) is 106 Å². The molecule has 0 saturated carbocycles. The molecule has 1 saturated heterocycles. The first-order valence-electron chi connectivity index (χ1n) is 14.4. The minimum atomic E-state index is -0.579. The molecule has 230 valence electrons. The highest BCUT2D eigenvalue weighted by Crippen LogP contribution is 2.39. The first-order chi connectivity index (χ1) is 20.6. The number of esters is 3. The summed E-state index contributed by atoms with van der Waals surface area (Å²) in [6.45, 7) is 18.0. The quantitative estimate of drug-likeness (QED) is 0.161. The molecule has 1 heterocycles. The van der Waals surface area contributed by atoms with Gasteiger partial charge in [-0.15, -0.1) is 0 Å². The number of nitrogens with zero attached hydrogens (tertiary/aromatic N) is 1. The summed E-state index contributed by atoms with van der Waals surface area (Å²) in [4.78, 5) is 37.5. The van der Waals surface area contributed by atoms with Gasteiger partial charge >= 0.3 is 17.9 Å². The Morgan fingerprint density at radius 3 is 1.45 bits per heavy atom. The van der Waals surface area contributed by atoms with Crippen LogP contribution in [0.25, 0.3) is 22.3 Å². The molecule has 0 spiro atoms. The lowest BCUT2D eigenvalue weighted by Gasteiger charge is -2.50. The number of rotatable bonds is 8. The van der Waals surface area contributed by atoms with E-state index in [9.17, 15) is 19.6 Å². The van der Waals surface area contributed by atoms with Crippen molar-refractivity contribution >= 4 is 17.9 Å². The second kappa shape index (κ2) is 12.6. The highest BCUT2D eigenvalue weighted by Gasteiger charge is 2.46. The van der Waals surface area contributed by atoms with Gasteiger partial charge in [0.2, 0.25) is 0 Å². The Morgan fingerprint density at radius 1 is 0.705 bits per heavy atom. The molecule has 0 atom stereocenters. The van der Waals surface area contributed by atoms with E-state index in [-0.39, 0.29) is 0 Å². The van der Waals surface area contributed by atoms with Gasteiger partial charge in [0.25, 0.3) is 0 Å². The summed E-state index contributed by atoms with van der Waals surface area (Å²) in [7, 11) is 0. The fourth-order valence-electron chi connectivity index (χ4n) is 5.38. The molecule has 8 nitrogen and oxygen atoms in total. The number of carbonyl (C=O) groups excluding carboxylic acids is 3. The molecule has 1 fully saturated rings. The fraction of sp³-hybridized carbons (Fsp3) is 0.306. The Kier molecular flexibility index (Phi) is 9.27. The van der Waals surface area contributed by atoms with Crippen LogP contribution in [-0.4, -0.2) is 45.4 Å². The molecule has 8 heteroatoms. The predicted molar refractivity (Wildman–Crippen MR) is 168 cm³/mol. The summed E-state index contributed by atoms with van der Waals surface area (Å²) >= 11 is 0. The Labute approximate surface area is 258 Å². The fourth-order valence-corrected chi connectivity index (χ4v) is 5.38. The maximum absolute atomic E-state index is 13.6. The van der Waals surface area contributed by atoms with Crippen LogP contribution >= 0.6 is 0 Å². The van der Waals surface area contributed by atoms with Crippen molar-refractivity contribution in [3.63, 3.8) is 0 Å².